The van der Waals surface area contributed by atoms with Crippen LogP contribution < -0.4 is 15.4 Å². The number of hydrogen-bond acceptors (Lipinski definition) is 3. The van der Waals surface area contributed by atoms with Crippen molar-refractivity contribution in [3.8, 4) is 5.75 Å². The summed E-state index contributed by atoms with van der Waals surface area (Å²) >= 11 is 0. The largest absolute Gasteiger partial charge is 0.492 e. The molecule has 6 heteroatoms. The molecule has 2 aliphatic heterocycles. The number of nitrogens with one attached hydrogen (secondary N) is 2. The highest BCUT2D eigenvalue weighted by Gasteiger charge is 2.43. The third-order valence-electron chi connectivity index (χ3n) is 6.08. The topological polar surface area (TPSA) is 66.0 Å². The molecule has 0 radical (unpaired) electrons. The van der Waals surface area contributed by atoms with Crippen molar-refractivity contribution in [3.63, 3.8) is 0 Å². The molecular weight excluding hydrogens is 340 g/mol. The number of nitrogens with zero attached hydrogens (tertiary/aromatic N) is 2. The third-order valence-corrected chi connectivity index (χ3v) is 6.08. The van der Waals surface area contributed by atoms with Gasteiger partial charge in [0.1, 0.15) is 12.4 Å². The number of benzene rings is 1. The van der Waals surface area contributed by atoms with E-state index >= 15 is 0 Å². The summed E-state index contributed by atoms with van der Waals surface area (Å²) in [6.07, 6.45) is 6.77. The molecule has 27 heavy (non-hydrogen) atoms. The molecule has 0 aromatic heterocycles. The fraction of sp³-hybridized carbons (Fsp3) is 0.619. The maximum Gasteiger partial charge on any atom is 0.224 e. The summed E-state index contributed by atoms with van der Waals surface area (Å²) in [7, 11) is 0. The zero-order valence-corrected chi connectivity index (χ0v) is 16.2. The van der Waals surface area contributed by atoms with Crippen molar-refractivity contribution in [1.82, 2.24) is 10.2 Å². The van der Waals surface area contributed by atoms with E-state index in [-0.39, 0.29) is 5.91 Å². The lowest BCUT2D eigenvalue weighted by Crippen LogP contribution is -2.42. The van der Waals surface area contributed by atoms with Gasteiger partial charge in [0.25, 0.3) is 0 Å². The maximum atomic E-state index is 11.4. The number of amides is 1. The number of rotatable bonds is 5. The predicted molar refractivity (Wildman–Crippen MR) is 107 cm³/mol. The molecule has 1 aromatic rings. The van der Waals surface area contributed by atoms with Gasteiger partial charge in [0.15, 0.2) is 5.96 Å². The van der Waals surface area contributed by atoms with Crippen LogP contribution in [0.1, 0.15) is 44.6 Å². The van der Waals surface area contributed by atoms with Crippen LogP contribution in [0, 0.1) is 5.41 Å². The van der Waals surface area contributed by atoms with Gasteiger partial charge in [-0.3, -0.25) is 4.79 Å². The zero-order valence-electron chi connectivity index (χ0n) is 16.2. The Morgan fingerprint density at radius 1 is 1.33 bits per heavy atom. The molecule has 1 spiro atoms. The Morgan fingerprint density at radius 2 is 2.22 bits per heavy atom. The number of aliphatic imine (C=N–C) groups is 1. The van der Waals surface area contributed by atoms with Gasteiger partial charge in [0.2, 0.25) is 5.91 Å². The molecule has 0 bridgehead atoms. The highest BCUT2D eigenvalue weighted by Crippen LogP contribution is 2.47. The molecule has 2 N–H and O–H groups in total. The number of aryl methyl sites for hydroxylation is 1. The monoisotopic (exact) mass is 370 g/mol. The van der Waals surface area contributed by atoms with Gasteiger partial charge in [0.05, 0.1) is 6.54 Å². The smallest absolute Gasteiger partial charge is 0.224 e. The molecule has 1 saturated heterocycles. The first-order chi connectivity index (χ1) is 13.2. The van der Waals surface area contributed by atoms with Gasteiger partial charge in [-0.25, -0.2) is 4.99 Å². The molecule has 1 aromatic carbocycles. The quantitative estimate of drug-likeness (QED) is 0.475. The second-order valence-electron chi connectivity index (χ2n) is 7.98. The molecule has 2 heterocycles. The average Bonchev–Trinajstić information content (AvgIpc) is 3.10. The Hall–Kier alpha value is -2.24. The lowest BCUT2D eigenvalue weighted by atomic mass is 9.68. The molecular formula is C21H30N4O2. The van der Waals surface area contributed by atoms with Crippen molar-refractivity contribution in [1.29, 1.82) is 0 Å². The molecule has 4 rings (SSSR count). The minimum Gasteiger partial charge on any atom is -0.492 e. The Bertz CT molecular complexity index is 727. The number of carbonyl (C=O) groups is 1. The fourth-order valence-corrected chi connectivity index (χ4v) is 4.39. The van der Waals surface area contributed by atoms with E-state index in [1.165, 1.54) is 25.7 Å². The minimum atomic E-state index is 0.0899. The summed E-state index contributed by atoms with van der Waals surface area (Å²) in [6, 6.07) is 5.88. The lowest BCUT2D eigenvalue weighted by Gasteiger charge is -2.38. The molecule has 146 valence electrons. The van der Waals surface area contributed by atoms with Gasteiger partial charge in [-0.2, -0.15) is 0 Å². The standard InChI is InChI=1S/C21H30N4O2/c1-2-22-20(25-12-10-21(15-25)8-3-9-21)23-11-13-27-17-5-6-18-16(14-17)4-7-19(26)24-18/h5-6,14H,2-4,7-13,15H2,1H3,(H,22,23)(H,24,26). The highest BCUT2D eigenvalue weighted by atomic mass is 16.5. The maximum absolute atomic E-state index is 11.4. The van der Waals surface area contributed by atoms with Crippen molar-refractivity contribution in [2.24, 2.45) is 10.4 Å². The average molecular weight is 370 g/mol. The molecule has 1 amide bonds. The number of guanidine groups is 1. The van der Waals surface area contributed by atoms with E-state index in [1.807, 2.05) is 18.2 Å². The highest BCUT2D eigenvalue weighted by molar-refractivity contribution is 5.94. The van der Waals surface area contributed by atoms with Crippen LogP contribution >= 0.6 is 0 Å². The lowest BCUT2D eigenvalue weighted by molar-refractivity contribution is -0.116. The van der Waals surface area contributed by atoms with Crippen LogP contribution in [-0.2, 0) is 11.2 Å². The zero-order chi connectivity index (χ0) is 18.7. The summed E-state index contributed by atoms with van der Waals surface area (Å²) in [5.74, 6) is 1.96. The van der Waals surface area contributed by atoms with Gasteiger partial charge in [-0.05, 0) is 61.8 Å². The number of anilines is 1. The van der Waals surface area contributed by atoms with E-state index in [0.29, 0.717) is 25.0 Å². The number of ether oxygens (including phenoxy) is 1. The van der Waals surface area contributed by atoms with Gasteiger partial charge in [-0.1, -0.05) is 6.42 Å². The Morgan fingerprint density at radius 3 is 2.96 bits per heavy atom. The Labute approximate surface area is 161 Å². The van der Waals surface area contributed by atoms with E-state index in [0.717, 1.165) is 49.0 Å². The molecule has 2 fully saturated rings. The molecule has 0 atom stereocenters. The number of likely N-dealkylation sites (tertiary alicyclic amines) is 1. The molecule has 3 aliphatic rings. The summed E-state index contributed by atoms with van der Waals surface area (Å²) in [5, 5.41) is 6.33. The van der Waals surface area contributed by atoms with Crippen molar-refractivity contribution in [3.05, 3.63) is 23.8 Å². The van der Waals surface area contributed by atoms with Gasteiger partial charge in [0, 0.05) is 31.7 Å². The normalized spacial score (nSPS) is 20.9. The Balaban J connectivity index is 1.30. The number of hydrogen-bond donors (Lipinski definition) is 2. The molecule has 0 unspecified atom stereocenters. The molecule has 1 saturated carbocycles. The summed E-state index contributed by atoms with van der Waals surface area (Å²) in [4.78, 5) is 18.6. The summed E-state index contributed by atoms with van der Waals surface area (Å²) in [5.41, 5.74) is 2.63. The van der Waals surface area contributed by atoms with E-state index in [1.54, 1.807) is 0 Å². The van der Waals surface area contributed by atoms with Crippen LogP contribution in [0.15, 0.2) is 23.2 Å². The van der Waals surface area contributed by atoms with Crippen LogP contribution in [0.25, 0.3) is 0 Å². The van der Waals surface area contributed by atoms with Crippen molar-refractivity contribution in [2.45, 2.75) is 45.4 Å². The SMILES string of the molecule is CCNC(=NCCOc1ccc2c(c1)CCC(=O)N2)N1CCC2(CCC2)C1. The number of fused-ring (bicyclic) bond motifs is 1. The van der Waals surface area contributed by atoms with Crippen LogP contribution in [0.4, 0.5) is 5.69 Å². The molecule has 1 aliphatic carbocycles. The number of carbonyl (C=O) groups excluding carboxylic acids is 1. The van der Waals surface area contributed by atoms with E-state index < -0.39 is 0 Å². The summed E-state index contributed by atoms with van der Waals surface area (Å²) in [6.45, 7) is 6.46. The first kappa shape index (κ1) is 18.1. The van der Waals surface area contributed by atoms with E-state index in [9.17, 15) is 4.79 Å². The molecule has 6 nitrogen and oxygen atoms in total. The van der Waals surface area contributed by atoms with Gasteiger partial charge >= 0.3 is 0 Å². The van der Waals surface area contributed by atoms with Crippen LogP contribution in [0.2, 0.25) is 0 Å². The first-order valence-corrected chi connectivity index (χ1v) is 10.3. The van der Waals surface area contributed by atoms with Crippen LogP contribution in [0.3, 0.4) is 0 Å². The second-order valence-corrected chi connectivity index (χ2v) is 7.98. The van der Waals surface area contributed by atoms with Gasteiger partial charge in [-0.15, -0.1) is 0 Å². The van der Waals surface area contributed by atoms with Crippen molar-refractivity contribution >= 4 is 17.6 Å². The summed E-state index contributed by atoms with van der Waals surface area (Å²) < 4.78 is 5.90. The van der Waals surface area contributed by atoms with Crippen molar-refractivity contribution < 1.29 is 9.53 Å². The van der Waals surface area contributed by atoms with Crippen LogP contribution in [0.5, 0.6) is 5.75 Å². The van der Waals surface area contributed by atoms with Gasteiger partial charge < -0.3 is 20.3 Å². The first-order valence-electron chi connectivity index (χ1n) is 10.3. The van der Waals surface area contributed by atoms with Crippen molar-refractivity contribution in [2.75, 3.05) is 38.1 Å². The van der Waals surface area contributed by atoms with E-state index in [2.05, 4.69) is 22.5 Å². The second kappa shape index (κ2) is 7.79. The van der Waals surface area contributed by atoms with Crippen LogP contribution in [-0.4, -0.2) is 49.6 Å². The third kappa shape index (κ3) is 4.04. The van der Waals surface area contributed by atoms with E-state index in [4.69, 9.17) is 9.73 Å². The Kier molecular flexibility index (Phi) is 5.23. The minimum absolute atomic E-state index is 0.0899. The fourth-order valence-electron chi connectivity index (χ4n) is 4.39. The predicted octanol–water partition coefficient (Wildman–Crippen LogP) is 2.79.